The molecule has 0 spiro atoms. The lowest BCUT2D eigenvalue weighted by atomic mass is 9.97. The summed E-state index contributed by atoms with van der Waals surface area (Å²) in [6.07, 6.45) is 0. The monoisotopic (exact) mass is 284 g/mol. The summed E-state index contributed by atoms with van der Waals surface area (Å²) in [7, 11) is 0. The van der Waals surface area contributed by atoms with E-state index >= 15 is 0 Å². The molecular weight excluding hydrogens is 271 g/mol. The minimum absolute atomic E-state index is 0.0823. The van der Waals surface area contributed by atoms with E-state index in [1.54, 1.807) is 0 Å². The highest BCUT2D eigenvalue weighted by atomic mass is 127. The summed E-state index contributed by atoms with van der Waals surface area (Å²) in [5.41, 5.74) is 1.21. The minimum Gasteiger partial charge on any atom is -0.0919 e. The molecule has 0 aliphatic carbocycles. The average Bonchev–Trinajstić information content (AvgIpc) is 2.01. The highest BCUT2D eigenvalue weighted by Crippen LogP contribution is 2.13. The molecule has 0 aromatic heterocycles. The van der Waals surface area contributed by atoms with Gasteiger partial charge >= 0.3 is 0 Å². The molecule has 0 heterocycles. The molecule has 1 heteroatoms. The summed E-state index contributed by atoms with van der Waals surface area (Å²) in [5.74, 6) is 6.42. The van der Waals surface area contributed by atoms with Crippen LogP contribution in [0.15, 0.2) is 24.3 Å². The molecular formula is C12H13I. The van der Waals surface area contributed by atoms with Crippen LogP contribution in [-0.2, 0) is 0 Å². The number of benzene rings is 1. The van der Waals surface area contributed by atoms with Gasteiger partial charge in [-0.05, 0) is 55.5 Å². The maximum atomic E-state index is 3.22. The van der Waals surface area contributed by atoms with E-state index in [9.17, 15) is 0 Å². The molecule has 0 aliphatic rings. The molecule has 0 radical (unpaired) electrons. The van der Waals surface area contributed by atoms with E-state index in [4.69, 9.17) is 0 Å². The topological polar surface area (TPSA) is 0 Å². The van der Waals surface area contributed by atoms with Crippen molar-refractivity contribution < 1.29 is 0 Å². The standard InChI is InChI=1S/C12H13I/c1-12(2,3)9-8-10-6-4-5-7-11(10)13/h4-7H,1-3H3. The van der Waals surface area contributed by atoms with Gasteiger partial charge in [-0.1, -0.05) is 24.0 Å². The molecule has 0 fully saturated rings. The molecule has 0 saturated heterocycles. The normalized spacial score (nSPS) is 10.5. The largest absolute Gasteiger partial charge is 0.0919 e. The van der Waals surface area contributed by atoms with E-state index in [0.717, 1.165) is 5.56 Å². The van der Waals surface area contributed by atoms with Gasteiger partial charge in [-0.25, -0.2) is 0 Å². The summed E-state index contributed by atoms with van der Waals surface area (Å²) in [4.78, 5) is 0. The summed E-state index contributed by atoms with van der Waals surface area (Å²) in [6, 6.07) is 8.19. The second-order valence-corrected chi connectivity index (χ2v) is 5.14. The third-order valence-corrected chi connectivity index (χ3v) is 2.39. The van der Waals surface area contributed by atoms with E-state index in [1.807, 2.05) is 12.1 Å². The predicted octanol–water partition coefficient (Wildman–Crippen LogP) is 3.69. The first-order valence-electron chi connectivity index (χ1n) is 4.27. The van der Waals surface area contributed by atoms with E-state index in [2.05, 4.69) is 67.3 Å². The van der Waals surface area contributed by atoms with Crippen LogP contribution in [0.25, 0.3) is 0 Å². The molecule has 0 bridgehead atoms. The lowest BCUT2D eigenvalue weighted by molar-refractivity contribution is 0.571. The lowest BCUT2D eigenvalue weighted by Gasteiger charge is -2.06. The molecule has 0 unspecified atom stereocenters. The summed E-state index contributed by atoms with van der Waals surface area (Å²) in [6.45, 7) is 6.36. The summed E-state index contributed by atoms with van der Waals surface area (Å²) in [5, 5.41) is 0. The molecule has 68 valence electrons. The van der Waals surface area contributed by atoms with Crippen LogP contribution in [-0.4, -0.2) is 0 Å². The van der Waals surface area contributed by atoms with E-state index < -0.39 is 0 Å². The van der Waals surface area contributed by atoms with Gasteiger partial charge in [0.05, 0.1) is 0 Å². The van der Waals surface area contributed by atoms with E-state index in [-0.39, 0.29) is 5.41 Å². The third-order valence-electron chi connectivity index (χ3n) is 1.45. The van der Waals surface area contributed by atoms with Gasteiger partial charge in [0, 0.05) is 14.5 Å². The fourth-order valence-electron chi connectivity index (χ4n) is 0.817. The van der Waals surface area contributed by atoms with Gasteiger partial charge in [-0.15, -0.1) is 0 Å². The fraction of sp³-hybridized carbons (Fsp3) is 0.333. The Bertz CT molecular complexity index is 347. The van der Waals surface area contributed by atoms with Crippen LogP contribution in [0.2, 0.25) is 0 Å². The molecule has 0 atom stereocenters. The highest BCUT2D eigenvalue weighted by molar-refractivity contribution is 14.1. The van der Waals surface area contributed by atoms with Crippen molar-refractivity contribution in [2.24, 2.45) is 5.41 Å². The molecule has 1 aromatic carbocycles. The van der Waals surface area contributed by atoms with Crippen molar-refractivity contribution in [1.82, 2.24) is 0 Å². The van der Waals surface area contributed by atoms with Crippen molar-refractivity contribution in [2.75, 3.05) is 0 Å². The van der Waals surface area contributed by atoms with E-state index in [0.29, 0.717) is 0 Å². The first-order chi connectivity index (χ1) is 5.99. The van der Waals surface area contributed by atoms with Crippen molar-refractivity contribution in [3.05, 3.63) is 33.4 Å². The van der Waals surface area contributed by atoms with Gasteiger partial charge in [-0.2, -0.15) is 0 Å². The van der Waals surface area contributed by atoms with Crippen LogP contribution in [0, 0.1) is 20.8 Å². The van der Waals surface area contributed by atoms with Crippen molar-refractivity contribution in [1.29, 1.82) is 0 Å². The van der Waals surface area contributed by atoms with Crippen LogP contribution in [0.3, 0.4) is 0 Å². The van der Waals surface area contributed by atoms with Crippen LogP contribution in [0.1, 0.15) is 26.3 Å². The van der Waals surface area contributed by atoms with Gasteiger partial charge in [0.15, 0.2) is 0 Å². The van der Waals surface area contributed by atoms with E-state index in [1.165, 1.54) is 3.57 Å². The molecule has 13 heavy (non-hydrogen) atoms. The number of halogens is 1. The first kappa shape index (κ1) is 10.6. The Kier molecular flexibility index (Phi) is 3.38. The second kappa shape index (κ2) is 4.15. The quantitative estimate of drug-likeness (QED) is 0.503. The number of hydrogen-bond acceptors (Lipinski definition) is 0. The zero-order valence-corrected chi connectivity index (χ0v) is 10.3. The van der Waals surface area contributed by atoms with Gasteiger partial charge in [0.25, 0.3) is 0 Å². The fourth-order valence-corrected chi connectivity index (χ4v) is 1.34. The van der Waals surface area contributed by atoms with Gasteiger partial charge in [-0.3, -0.25) is 0 Å². The molecule has 0 nitrogen and oxygen atoms in total. The van der Waals surface area contributed by atoms with Crippen LogP contribution in [0.4, 0.5) is 0 Å². The van der Waals surface area contributed by atoms with Crippen molar-refractivity contribution in [3.8, 4) is 11.8 Å². The Labute approximate surface area is 93.9 Å². The highest BCUT2D eigenvalue weighted by Gasteiger charge is 2.03. The Morgan fingerprint density at radius 2 is 1.77 bits per heavy atom. The Balaban J connectivity index is 2.97. The Hall–Kier alpha value is -0.490. The predicted molar refractivity (Wildman–Crippen MR) is 65.5 cm³/mol. The number of hydrogen-bond donors (Lipinski definition) is 0. The maximum Gasteiger partial charge on any atom is 0.0379 e. The van der Waals surface area contributed by atoms with Crippen LogP contribution >= 0.6 is 22.6 Å². The van der Waals surface area contributed by atoms with Gasteiger partial charge in [0.2, 0.25) is 0 Å². The maximum absolute atomic E-state index is 3.22. The zero-order valence-electron chi connectivity index (χ0n) is 8.19. The van der Waals surface area contributed by atoms with Gasteiger partial charge in [0.1, 0.15) is 0 Å². The molecule has 0 aliphatic heterocycles. The second-order valence-electron chi connectivity index (χ2n) is 3.98. The third kappa shape index (κ3) is 3.82. The molecule has 0 N–H and O–H groups in total. The Morgan fingerprint density at radius 3 is 2.31 bits per heavy atom. The molecule has 1 aromatic rings. The van der Waals surface area contributed by atoms with Crippen molar-refractivity contribution in [2.45, 2.75) is 20.8 Å². The average molecular weight is 284 g/mol. The van der Waals surface area contributed by atoms with Gasteiger partial charge < -0.3 is 0 Å². The lowest BCUT2D eigenvalue weighted by Crippen LogP contribution is -1.99. The Morgan fingerprint density at radius 1 is 1.15 bits per heavy atom. The van der Waals surface area contributed by atoms with Crippen LogP contribution in [0.5, 0.6) is 0 Å². The SMILES string of the molecule is CC(C)(C)C#Cc1ccccc1I. The smallest absolute Gasteiger partial charge is 0.0379 e. The summed E-state index contributed by atoms with van der Waals surface area (Å²) >= 11 is 2.31. The zero-order chi connectivity index (χ0) is 9.90. The number of rotatable bonds is 0. The summed E-state index contributed by atoms with van der Waals surface area (Å²) < 4.78 is 1.22. The van der Waals surface area contributed by atoms with Crippen molar-refractivity contribution in [3.63, 3.8) is 0 Å². The molecule has 0 amide bonds. The molecule has 0 saturated carbocycles. The van der Waals surface area contributed by atoms with Crippen LogP contribution < -0.4 is 0 Å². The molecule has 1 rings (SSSR count). The first-order valence-corrected chi connectivity index (χ1v) is 5.35. The van der Waals surface area contributed by atoms with Crippen molar-refractivity contribution >= 4 is 22.6 Å². The minimum atomic E-state index is 0.0823.